The molecule has 0 aliphatic carbocycles. The smallest absolute Gasteiger partial charge is 0.336 e. The summed E-state index contributed by atoms with van der Waals surface area (Å²) in [5.41, 5.74) is 0.431. The summed E-state index contributed by atoms with van der Waals surface area (Å²) in [6, 6.07) is 16.7. The predicted molar refractivity (Wildman–Crippen MR) is 78.4 cm³/mol. The van der Waals surface area contributed by atoms with E-state index >= 15 is 0 Å². The van der Waals surface area contributed by atoms with Crippen molar-refractivity contribution in [1.82, 2.24) is 0 Å². The molecule has 0 saturated heterocycles. The van der Waals surface area contributed by atoms with Crippen molar-refractivity contribution in [3.05, 3.63) is 70.1 Å². The van der Waals surface area contributed by atoms with Gasteiger partial charge in [-0.15, -0.1) is 0 Å². The summed E-state index contributed by atoms with van der Waals surface area (Å²) in [5, 5.41) is 19.0. The Balaban J connectivity index is 2.09. The topological polar surface area (TPSA) is 87.0 Å². The van der Waals surface area contributed by atoms with Gasteiger partial charge >= 0.3 is 5.63 Å². The van der Waals surface area contributed by atoms with Gasteiger partial charge in [-0.3, -0.25) is 0 Å². The van der Waals surface area contributed by atoms with Crippen molar-refractivity contribution in [3.63, 3.8) is 0 Å². The molecule has 0 unspecified atom stereocenters. The number of ether oxygens (including phenoxy) is 1. The number of fused-ring (bicyclic) bond motifs is 1. The maximum atomic E-state index is 11.3. The van der Waals surface area contributed by atoms with Crippen molar-refractivity contribution in [2.45, 2.75) is 0 Å². The summed E-state index contributed by atoms with van der Waals surface area (Å²) in [4.78, 5) is 11.3. The summed E-state index contributed by atoms with van der Waals surface area (Å²) in [6.45, 7) is 0. The molecule has 0 amide bonds. The summed E-state index contributed by atoms with van der Waals surface area (Å²) in [5.74, 6) is 0.561. The second-order valence-electron chi connectivity index (χ2n) is 4.46. The molecule has 5 nitrogen and oxygen atoms in total. The molecule has 0 saturated carbocycles. The Morgan fingerprint density at radius 3 is 2.32 bits per heavy atom. The van der Waals surface area contributed by atoms with Gasteiger partial charge in [0.15, 0.2) is 5.75 Å². The van der Waals surface area contributed by atoms with Crippen LogP contribution >= 0.6 is 0 Å². The minimum Gasteiger partial charge on any atom is -0.454 e. The molecular weight excluding hydrogens is 280 g/mol. The van der Waals surface area contributed by atoms with Crippen molar-refractivity contribution >= 4 is 11.0 Å². The van der Waals surface area contributed by atoms with Gasteiger partial charge in [0.25, 0.3) is 0 Å². The fraction of sp³-hybridized carbons (Fsp3) is 0. The van der Waals surface area contributed by atoms with Gasteiger partial charge in [0.2, 0.25) is 0 Å². The molecule has 1 heterocycles. The molecule has 0 aliphatic rings. The molecular formula is C17H8N2O3. The van der Waals surface area contributed by atoms with Crippen LogP contribution in [0, 0.1) is 22.7 Å². The quantitative estimate of drug-likeness (QED) is 0.675. The Labute approximate surface area is 125 Å². The fourth-order valence-corrected chi connectivity index (χ4v) is 2.05. The highest BCUT2D eigenvalue weighted by molar-refractivity contribution is 5.78. The van der Waals surface area contributed by atoms with Gasteiger partial charge in [-0.25, -0.2) is 4.79 Å². The van der Waals surface area contributed by atoms with Crippen LogP contribution in [0.3, 0.4) is 0 Å². The molecule has 0 spiro atoms. The third-order valence-corrected chi connectivity index (χ3v) is 3.07. The number of nitrogens with zero attached hydrogens (tertiary/aromatic N) is 2. The van der Waals surface area contributed by atoms with E-state index in [4.69, 9.17) is 19.7 Å². The fourth-order valence-electron chi connectivity index (χ4n) is 2.05. The molecule has 0 bridgehead atoms. The van der Waals surface area contributed by atoms with Gasteiger partial charge < -0.3 is 9.15 Å². The van der Waals surface area contributed by atoms with Gasteiger partial charge in [0.05, 0.1) is 11.1 Å². The minimum atomic E-state index is -0.459. The van der Waals surface area contributed by atoms with Gasteiger partial charge in [-0.1, -0.05) is 6.07 Å². The number of benzene rings is 2. The maximum Gasteiger partial charge on any atom is 0.336 e. The van der Waals surface area contributed by atoms with E-state index in [9.17, 15) is 4.79 Å². The molecule has 104 valence electrons. The van der Waals surface area contributed by atoms with Crippen molar-refractivity contribution in [3.8, 4) is 23.6 Å². The second-order valence-corrected chi connectivity index (χ2v) is 4.46. The van der Waals surface area contributed by atoms with Crippen molar-refractivity contribution in [2.24, 2.45) is 0 Å². The Hall–Kier alpha value is -3.57. The number of para-hydroxylation sites is 1. The predicted octanol–water partition coefficient (Wildman–Crippen LogP) is 3.33. The van der Waals surface area contributed by atoms with Crippen molar-refractivity contribution in [2.75, 3.05) is 0 Å². The molecule has 3 rings (SSSR count). The summed E-state index contributed by atoms with van der Waals surface area (Å²) in [6.07, 6.45) is 0. The van der Waals surface area contributed by atoms with E-state index in [0.29, 0.717) is 11.3 Å². The third-order valence-electron chi connectivity index (χ3n) is 3.07. The van der Waals surface area contributed by atoms with E-state index in [1.165, 1.54) is 6.07 Å². The first kappa shape index (κ1) is 13.4. The zero-order valence-electron chi connectivity index (χ0n) is 11.2. The summed E-state index contributed by atoms with van der Waals surface area (Å²) in [7, 11) is 0. The average Bonchev–Trinajstić information content (AvgIpc) is 2.54. The van der Waals surface area contributed by atoms with Crippen molar-refractivity contribution < 1.29 is 9.15 Å². The van der Waals surface area contributed by atoms with Crippen LogP contribution in [0.4, 0.5) is 0 Å². The minimum absolute atomic E-state index is 0.185. The van der Waals surface area contributed by atoms with E-state index in [1.54, 1.807) is 42.5 Å². The third kappa shape index (κ3) is 2.39. The molecule has 0 atom stereocenters. The van der Waals surface area contributed by atoms with Gasteiger partial charge in [0.1, 0.15) is 23.5 Å². The maximum absolute atomic E-state index is 11.3. The van der Waals surface area contributed by atoms with Gasteiger partial charge in [0, 0.05) is 17.5 Å². The number of hydrogen-bond acceptors (Lipinski definition) is 5. The Morgan fingerprint density at radius 1 is 0.955 bits per heavy atom. The lowest BCUT2D eigenvalue weighted by atomic mass is 10.1. The highest BCUT2D eigenvalue weighted by Crippen LogP contribution is 2.30. The van der Waals surface area contributed by atoms with Crippen LogP contribution in [0.5, 0.6) is 11.5 Å². The zero-order chi connectivity index (χ0) is 15.5. The molecule has 2 aromatic carbocycles. The molecule has 22 heavy (non-hydrogen) atoms. The van der Waals surface area contributed by atoms with Crippen LogP contribution in [0.2, 0.25) is 0 Å². The first-order chi connectivity index (χ1) is 10.7. The van der Waals surface area contributed by atoms with E-state index in [1.807, 2.05) is 12.1 Å². The molecule has 0 aliphatic heterocycles. The Bertz CT molecular complexity index is 975. The highest BCUT2D eigenvalue weighted by Gasteiger charge is 2.11. The van der Waals surface area contributed by atoms with Crippen LogP contribution < -0.4 is 10.4 Å². The molecule has 3 aromatic rings. The average molecular weight is 288 g/mol. The van der Waals surface area contributed by atoms with Gasteiger partial charge in [-0.2, -0.15) is 10.5 Å². The highest BCUT2D eigenvalue weighted by atomic mass is 16.5. The van der Waals surface area contributed by atoms with Crippen LogP contribution in [0.1, 0.15) is 11.1 Å². The van der Waals surface area contributed by atoms with E-state index in [2.05, 4.69) is 0 Å². The lowest BCUT2D eigenvalue weighted by molar-refractivity contribution is 0.477. The molecule has 0 N–H and O–H groups in total. The first-order valence-corrected chi connectivity index (χ1v) is 6.36. The van der Waals surface area contributed by atoms with Crippen LogP contribution in [0.25, 0.3) is 11.0 Å². The summed E-state index contributed by atoms with van der Waals surface area (Å²) < 4.78 is 10.8. The van der Waals surface area contributed by atoms with Crippen molar-refractivity contribution in [1.29, 1.82) is 10.5 Å². The normalized spacial score (nSPS) is 9.91. The lowest BCUT2D eigenvalue weighted by Gasteiger charge is -2.09. The standard InChI is InChI=1S/C17H8N2O3/c18-9-12-2-1-3-13(10-19)17(12)21-14-6-4-11-5-7-16(20)22-15(11)8-14/h1-8H. The molecule has 1 aromatic heterocycles. The Kier molecular flexibility index (Phi) is 3.31. The molecule has 0 fully saturated rings. The monoisotopic (exact) mass is 288 g/mol. The molecule has 0 radical (unpaired) electrons. The Morgan fingerprint density at radius 2 is 1.64 bits per heavy atom. The second kappa shape index (κ2) is 5.43. The number of nitriles is 2. The SMILES string of the molecule is N#Cc1cccc(C#N)c1Oc1ccc2ccc(=O)oc2c1. The van der Waals surface area contributed by atoms with Gasteiger partial charge in [-0.05, 0) is 30.3 Å². The number of rotatable bonds is 2. The first-order valence-electron chi connectivity index (χ1n) is 6.36. The van der Waals surface area contributed by atoms with Crippen LogP contribution in [0.15, 0.2) is 57.7 Å². The largest absolute Gasteiger partial charge is 0.454 e. The summed E-state index contributed by atoms with van der Waals surface area (Å²) >= 11 is 0. The molecule has 5 heteroatoms. The van der Waals surface area contributed by atoms with E-state index < -0.39 is 5.63 Å². The zero-order valence-corrected chi connectivity index (χ0v) is 11.2. The number of hydrogen-bond donors (Lipinski definition) is 0. The van der Waals surface area contributed by atoms with Crippen LogP contribution in [-0.4, -0.2) is 0 Å². The van der Waals surface area contributed by atoms with E-state index in [0.717, 1.165) is 5.39 Å². The van der Waals surface area contributed by atoms with Crippen LogP contribution in [-0.2, 0) is 0 Å². The lowest BCUT2D eigenvalue weighted by Crippen LogP contribution is -1.95. The van der Waals surface area contributed by atoms with E-state index in [-0.39, 0.29) is 16.9 Å².